The van der Waals surface area contributed by atoms with Gasteiger partial charge in [-0.05, 0) is 33.4 Å². The molecule has 2 aliphatic heterocycles. The number of carbonyl (C=O) groups is 1. The summed E-state index contributed by atoms with van der Waals surface area (Å²) in [7, 11) is 0. The van der Waals surface area contributed by atoms with E-state index in [0.29, 0.717) is 6.61 Å². The van der Waals surface area contributed by atoms with Crippen LogP contribution in [0.2, 0.25) is 0 Å². The zero-order valence-corrected chi connectivity index (χ0v) is 38.2. The summed E-state index contributed by atoms with van der Waals surface area (Å²) < 4.78 is 66.4. The van der Waals surface area contributed by atoms with E-state index in [9.17, 15) is 9.90 Å². The Morgan fingerprint density at radius 2 is 0.735 bits per heavy atom. The van der Waals surface area contributed by atoms with Crippen LogP contribution in [0.4, 0.5) is 0 Å². The van der Waals surface area contributed by atoms with Gasteiger partial charge in [-0.2, -0.15) is 0 Å². The lowest BCUT2D eigenvalue weighted by Gasteiger charge is -2.49. The number of aliphatic hydroxyl groups is 1. The monoisotopic (exact) mass is 924 g/mol. The van der Waals surface area contributed by atoms with Crippen LogP contribution in [-0.2, 0) is 91.8 Å². The lowest BCUT2D eigenvalue weighted by molar-refractivity contribution is -0.370. The lowest BCUT2D eigenvalue weighted by atomic mass is 9.95. The molecule has 2 heterocycles. The quantitative estimate of drug-likeness (QED) is 0.0619. The molecule has 68 heavy (non-hydrogen) atoms. The Morgan fingerprint density at radius 1 is 0.412 bits per heavy atom. The third-order valence-corrected chi connectivity index (χ3v) is 11.7. The molecule has 1 N–H and O–H groups in total. The highest BCUT2D eigenvalue weighted by atomic mass is 16.8. The van der Waals surface area contributed by atoms with Crippen molar-refractivity contribution in [3.63, 3.8) is 0 Å². The third-order valence-electron chi connectivity index (χ3n) is 11.7. The fraction of sp³-hybridized carbons (Fsp3) is 0.339. The first-order chi connectivity index (χ1) is 33.5. The van der Waals surface area contributed by atoms with E-state index in [-0.39, 0.29) is 46.2 Å². The fourth-order valence-electron chi connectivity index (χ4n) is 8.35. The van der Waals surface area contributed by atoms with Gasteiger partial charge in [-0.1, -0.05) is 182 Å². The molecule has 2 saturated heterocycles. The molecule has 0 unspecified atom stereocenters. The van der Waals surface area contributed by atoms with Gasteiger partial charge in [0.05, 0.1) is 52.9 Å². The van der Waals surface area contributed by atoms with Crippen molar-refractivity contribution < 1.29 is 57.3 Å². The summed E-state index contributed by atoms with van der Waals surface area (Å²) >= 11 is 0. The highest BCUT2D eigenvalue weighted by Crippen LogP contribution is 2.36. The van der Waals surface area contributed by atoms with E-state index < -0.39 is 67.4 Å². The SMILES string of the molecule is CC(=O)O[C@H]1[C@H](O[C@@H]2[C@@H](OCc3ccccc3)[C@@H](OCc3ccccc3)[C@@H](O)O[C@@H]2COCc2ccccc2)O[C@H](COCc2ccccc2)[C@@H](OCc2ccccc2)[C@@H]1OCc1ccccc1. The molecule has 0 amide bonds. The molecule has 356 valence electrons. The Balaban J connectivity index is 1.16. The van der Waals surface area contributed by atoms with Crippen molar-refractivity contribution in [2.24, 2.45) is 0 Å². The van der Waals surface area contributed by atoms with Gasteiger partial charge in [0.15, 0.2) is 18.7 Å². The van der Waals surface area contributed by atoms with Crippen molar-refractivity contribution in [2.75, 3.05) is 13.2 Å². The predicted molar refractivity (Wildman–Crippen MR) is 252 cm³/mol. The summed E-state index contributed by atoms with van der Waals surface area (Å²) in [6, 6.07) is 58.5. The van der Waals surface area contributed by atoms with Crippen LogP contribution >= 0.6 is 0 Å². The second-order valence-electron chi connectivity index (χ2n) is 16.8. The van der Waals surface area contributed by atoms with Crippen molar-refractivity contribution in [3.8, 4) is 0 Å². The number of hydrogen-bond acceptors (Lipinski definition) is 12. The van der Waals surface area contributed by atoms with Gasteiger partial charge in [-0.3, -0.25) is 4.79 Å². The van der Waals surface area contributed by atoms with Gasteiger partial charge in [-0.25, -0.2) is 0 Å². The minimum atomic E-state index is -1.45. The van der Waals surface area contributed by atoms with Crippen LogP contribution in [0.15, 0.2) is 182 Å². The molecule has 10 atom stereocenters. The zero-order valence-electron chi connectivity index (χ0n) is 38.2. The maximum absolute atomic E-state index is 13.3. The maximum atomic E-state index is 13.3. The number of rotatable bonds is 23. The average Bonchev–Trinajstić information content (AvgIpc) is 3.37. The van der Waals surface area contributed by atoms with Crippen LogP contribution < -0.4 is 0 Å². The maximum Gasteiger partial charge on any atom is 0.303 e. The number of esters is 1. The molecule has 8 rings (SSSR count). The van der Waals surface area contributed by atoms with Gasteiger partial charge in [0, 0.05) is 6.92 Å². The molecule has 0 saturated carbocycles. The largest absolute Gasteiger partial charge is 0.454 e. The van der Waals surface area contributed by atoms with E-state index in [2.05, 4.69) is 0 Å². The van der Waals surface area contributed by atoms with Gasteiger partial charge in [0.25, 0.3) is 0 Å². The minimum Gasteiger partial charge on any atom is -0.454 e. The molecule has 0 spiro atoms. The van der Waals surface area contributed by atoms with E-state index in [1.165, 1.54) is 6.92 Å². The average molecular weight is 925 g/mol. The van der Waals surface area contributed by atoms with Gasteiger partial charge in [0.2, 0.25) is 0 Å². The van der Waals surface area contributed by atoms with Crippen LogP contribution in [-0.4, -0.2) is 85.7 Å². The Labute approximate surface area is 398 Å². The van der Waals surface area contributed by atoms with Crippen LogP contribution in [0.25, 0.3) is 0 Å². The van der Waals surface area contributed by atoms with E-state index in [4.69, 9.17) is 47.4 Å². The van der Waals surface area contributed by atoms with Gasteiger partial charge < -0.3 is 52.5 Å². The minimum absolute atomic E-state index is 0.0153. The number of benzene rings is 6. The van der Waals surface area contributed by atoms with Crippen LogP contribution in [0.5, 0.6) is 0 Å². The molecular formula is C56H60O12. The normalized spacial score (nSPS) is 24.9. The van der Waals surface area contributed by atoms with Crippen molar-refractivity contribution in [1.29, 1.82) is 0 Å². The second-order valence-corrected chi connectivity index (χ2v) is 16.8. The van der Waals surface area contributed by atoms with Crippen molar-refractivity contribution in [1.82, 2.24) is 0 Å². The summed E-state index contributed by atoms with van der Waals surface area (Å²) in [4.78, 5) is 13.3. The Bertz CT molecular complexity index is 2330. The number of hydrogen-bond donors (Lipinski definition) is 1. The molecule has 6 aromatic carbocycles. The third kappa shape index (κ3) is 14.2. The topological polar surface area (TPSA) is 130 Å². The second kappa shape index (κ2) is 25.7. The molecule has 0 bridgehead atoms. The Hall–Kier alpha value is -5.61. The number of aliphatic hydroxyl groups excluding tert-OH is 1. The highest BCUT2D eigenvalue weighted by Gasteiger charge is 2.55. The standard InChI is InChI=1S/C56H60O12/c1-40(57)65-54-51(62-35-44-26-14-5-15-27-44)49(61-34-43-24-12-4-13-25-43)47(38-59-32-41-20-8-2-9-21-41)67-56(54)68-50-48(39-60-33-42-22-10-3-11-23-42)66-55(58)53(64-37-46-30-18-7-19-31-46)52(50)63-36-45-28-16-6-17-29-45/h2-31,47-56,58H,32-39H2,1H3/t47-,48-,49-,50+,51+,52-,53-,54-,55+,56+/m1/s1. The van der Waals surface area contributed by atoms with Crippen molar-refractivity contribution in [3.05, 3.63) is 215 Å². The first kappa shape index (κ1) is 48.8. The Morgan fingerprint density at radius 3 is 1.12 bits per heavy atom. The first-order valence-corrected chi connectivity index (χ1v) is 23.1. The van der Waals surface area contributed by atoms with E-state index >= 15 is 0 Å². The molecule has 6 aromatic rings. The molecular weight excluding hydrogens is 865 g/mol. The summed E-state index contributed by atoms with van der Waals surface area (Å²) in [5.41, 5.74) is 5.53. The molecule has 0 radical (unpaired) electrons. The smallest absolute Gasteiger partial charge is 0.303 e. The van der Waals surface area contributed by atoms with Gasteiger partial charge >= 0.3 is 5.97 Å². The zero-order chi connectivity index (χ0) is 46.8. The molecule has 2 aliphatic rings. The fourth-order valence-corrected chi connectivity index (χ4v) is 8.35. The van der Waals surface area contributed by atoms with E-state index in [0.717, 1.165) is 33.4 Å². The molecule has 0 aliphatic carbocycles. The molecule has 12 heteroatoms. The number of ether oxygens (including phenoxy) is 10. The summed E-state index contributed by atoms with van der Waals surface area (Å²) in [6.07, 6.45) is -10.5. The van der Waals surface area contributed by atoms with Gasteiger partial charge in [-0.15, -0.1) is 0 Å². The van der Waals surface area contributed by atoms with E-state index in [1.807, 2.05) is 182 Å². The predicted octanol–water partition coefficient (Wildman–Crippen LogP) is 8.52. The molecule has 0 aromatic heterocycles. The highest BCUT2D eigenvalue weighted by molar-refractivity contribution is 5.66. The van der Waals surface area contributed by atoms with Gasteiger partial charge in [0.1, 0.15) is 42.7 Å². The van der Waals surface area contributed by atoms with Crippen molar-refractivity contribution >= 4 is 5.97 Å². The lowest BCUT2D eigenvalue weighted by Crippen LogP contribution is -2.66. The van der Waals surface area contributed by atoms with Crippen LogP contribution in [0.3, 0.4) is 0 Å². The van der Waals surface area contributed by atoms with Crippen LogP contribution in [0.1, 0.15) is 40.3 Å². The number of carbonyl (C=O) groups excluding carboxylic acids is 1. The Kier molecular flexibility index (Phi) is 18.4. The summed E-state index contributed by atoms with van der Waals surface area (Å²) in [5.74, 6) is -0.583. The first-order valence-electron chi connectivity index (χ1n) is 23.1. The van der Waals surface area contributed by atoms with E-state index in [1.54, 1.807) is 0 Å². The molecule has 12 nitrogen and oxygen atoms in total. The summed E-state index contributed by atoms with van der Waals surface area (Å²) in [6.45, 7) is 2.60. The van der Waals surface area contributed by atoms with Crippen molar-refractivity contribution in [2.45, 2.75) is 108 Å². The van der Waals surface area contributed by atoms with Crippen LogP contribution in [0, 0.1) is 0 Å². The molecule has 2 fully saturated rings. The summed E-state index contributed by atoms with van der Waals surface area (Å²) in [5, 5.41) is 11.8.